The molecule has 0 aromatic heterocycles. The zero-order valence-corrected chi connectivity index (χ0v) is 24.5. The number of carbonyl (C=O) groups excluding carboxylic acids is 3. The fraction of sp³-hybridized carbons (Fsp3) is 0.545. The van der Waals surface area contributed by atoms with E-state index in [0.29, 0.717) is 18.4 Å². The Morgan fingerprint density at radius 3 is 2.21 bits per heavy atom. The lowest BCUT2D eigenvalue weighted by Crippen LogP contribution is -2.70. The van der Waals surface area contributed by atoms with Crippen molar-refractivity contribution in [3.63, 3.8) is 0 Å². The minimum Gasteiger partial charge on any atom is -0.487 e. The molecule has 3 aliphatic rings. The first-order valence-corrected chi connectivity index (χ1v) is 13.9. The van der Waals surface area contributed by atoms with Crippen LogP contribution in [-0.2, 0) is 19.2 Å². The lowest BCUT2D eigenvalue weighted by atomic mass is 9.39. The van der Waals surface area contributed by atoms with Gasteiger partial charge in [-0.3, -0.25) is 19.6 Å². The molecule has 6 heteroatoms. The first-order chi connectivity index (χ1) is 18.2. The summed E-state index contributed by atoms with van der Waals surface area (Å²) in [6, 6.07) is 8.85. The average molecular weight is 535 g/mol. The molecule has 0 amide bonds. The second-order valence-corrected chi connectivity index (χ2v) is 13.1. The molecule has 4 rings (SSSR count). The summed E-state index contributed by atoms with van der Waals surface area (Å²) in [4.78, 5) is 49.3. The first-order valence-electron chi connectivity index (χ1n) is 13.9. The molecule has 0 spiro atoms. The Hall–Kier alpha value is -2.83. The fourth-order valence-electron chi connectivity index (χ4n) is 6.89. The van der Waals surface area contributed by atoms with E-state index in [2.05, 4.69) is 6.08 Å². The van der Waals surface area contributed by atoms with Gasteiger partial charge in [0.15, 0.2) is 22.8 Å². The minimum atomic E-state index is -1.72. The van der Waals surface area contributed by atoms with Gasteiger partial charge in [-0.1, -0.05) is 67.5 Å². The third-order valence-corrected chi connectivity index (χ3v) is 9.38. The summed E-state index contributed by atoms with van der Waals surface area (Å²) >= 11 is 0. The molecule has 1 fully saturated rings. The van der Waals surface area contributed by atoms with Crippen LogP contribution < -0.4 is 0 Å². The number of carbonyl (C=O) groups is 3. The summed E-state index contributed by atoms with van der Waals surface area (Å²) in [7, 11) is 0. The van der Waals surface area contributed by atoms with Crippen molar-refractivity contribution in [2.24, 2.45) is 22.2 Å². The Kier molecular flexibility index (Phi) is 7.46. The van der Waals surface area contributed by atoms with E-state index in [1.807, 2.05) is 53.7 Å². The molecule has 2 bridgehead atoms. The lowest BCUT2D eigenvalue weighted by molar-refractivity contribution is -0.317. The zero-order valence-electron chi connectivity index (χ0n) is 24.5. The highest BCUT2D eigenvalue weighted by Crippen LogP contribution is 2.68. The summed E-state index contributed by atoms with van der Waals surface area (Å²) in [6.07, 6.45) is 4.47. The molecule has 2 unspecified atom stereocenters. The van der Waals surface area contributed by atoms with Gasteiger partial charge in [0, 0.05) is 17.6 Å². The van der Waals surface area contributed by atoms with Crippen molar-refractivity contribution in [2.75, 3.05) is 0 Å². The molecule has 1 saturated carbocycles. The van der Waals surface area contributed by atoms with Crippen LogP contribution in [-0.4, -0.2) is 34.3 Å². The van der Waals surface area contributed by atoms with Crippen molar-refractivity contribution in [3.8, 4) is 0 Å². The molecule has 0 saturated heterocycles. The number of fused-ring (bicyclic) bond motifs is 3. The number of hydrogen-bond acceptors (Lipinski definition) is 6. The molecule has 210 valence electrons. The summed E-state index contributed by atoms with van der Waals surface area (Å²) in [5.41, 5.74) is -2.28. The molecule has 1 aromatic carbocycles. The standard InChI is InChI=1S/C33H42O6/c1-20(2)14-15-23-19-32(17-16-21(3)4)27(35)24-18-25(39-37)31(7,8)38-28(24)33(29(32)36,30(23,5)6)26(34)22-12-10-9-11-13-22/h9-14,16,23,25,37H,15,17-19H2,1-8H3/t23?,25?,32-,33+/m1/s1. The van der Waals surface area contributed by atoms with Crippen molar-refractivity contribution in [3.05, 3.63) is 70.5 Å². The molecule has 2 aliphatic carbocycles. The van der Waals surface area contributed by atoms with Gasteiger partial charge in [0.05, 0.1) is 5.41 Å². The number of allylic oxidation sites excluding steroid dienone is 5. The Labute approximate surface area is 232 Å². The summed E-state index contributed by atoms with van der Waals surface area (Å²) in [5, 5.41) is 9.75. The van der Waals surface area contributed by atoms with Gasteiger partial charge in [-0.05, 0) is 72.1 Å². The largest absolute Gasteiger partial charge is 0.487 e. The average Bonchev–Trinajstić information content (AvgIpc) is 2.87. The summed E-state index contributed by atoms with van der Waals surface area (Å²) < 4.78 is 6.54. The van der Waals surface area contributed by atoms with Crippen molar-refractivity contribution in [2.45, 2.75) is 92.8 Å². The number of rotatable bonds is 7. The predicted molar refractivity (Wildman–Crippen MR) is 150 cm³/mol. The molecule has 4 atom stereocenters. The van der Waals surface area contributed by atoms with Crippen LogP contribution in [0.3, 0.4) is 0 Å². The number of Topliss-reactive ketones (excluding diaryl/α,β-unsaturated/α-hetero) is 3. The zero-order chi connectivity index (χ0) is 29.0. The molecule has 1 aromatic rings. The van der Waals surface area contributed by atoms with E-state index in [-0.39, 0.29) is 47.4 Å². The quantitative estimate of drug-likeness (QED) is 0.132. The van der Waals surface area contributed by atoms with Crippen LogP contribution in [0.15, 0.2) is 65.0 Å². The number of hydrogen-bond donors (Lipinski definition) is 1. The highest BCUT2D eigenvalue weighted by Gasteiger charge is 2.76. The normalized spacial score (nSPS) is 30.7. The van der Waals surface area contributed by atoms with E-state index in [1.165, 1.54) is 0 Å². The smallest absolute Gasteiger partial charge is 0.184 e. The van der Waals surface area contributed by atoms with Crippen LogP contribution in [0.1, 0.15) is 91.4 Å². The van der Waals surface area contributed by atoms with E-state index in [1.54, 1.807) is 38.1 Å². The molecule has 39 heavy (non-hydrogen) atoms. The van der Waals surface area contributed by atoms with Crippen molar-refractivity contribution in [1.82, 2.24) is 0 Å². The predicted octanol–water partition coefficient (Wildman–Crippen LogP) is 7.06. The topological polar surface area (TPSA) is 89.9 Å². The van der Waals surface area contributed by atoms with Crippen molar-refractivity contribution < 1.29 is 29.3 Å². The van der Waals surface area contributed by atoms with Crippen LogP contribution in [0.4, 0.5) is 0 Å². The van der Waals surface area contributed by atoms with E-state index in [9.17, 15) is 14.8 Å². The molecule has 0 radical (unpaired) electrons. The molecule has 1 aliphatic heterocycles. The highest BCUT2D eigenvalue weighted by atomic mass is 17.1. The van der Waals surface area contributed by atoms with Gasteiger partial charge in [-0.2, -0.15) is 0 Å². The highest BCUT2D eigenvalue weighted by molar-refractivity contribution is 6.30. The summed E-state index contributed by atoms with van der Waals surface area (Å²) in [6.45, 7) is 15.4. The van der Waals surface area contributed by atoms with Crippen molar-refractivity contribution >= 4 is 17.3 Å². The maximum absolute atomic E-state index is 15.1. The third-order valence-electron chi connectivity index (χ3n) is 9.38. The Morgan fingerprint density at radius 2 is 1.64 bits per heavy atom. The van der Waals surface area contributed by atoms with Gasteiger partial charge < -0.3 is 4.74 Å². The number of benzene rings is 1. The number of ether oxygens (including phenoxy) is 1. The Balaban J connectivity index is 2.13. The number of ketones is 3. The molecule has 6 nitrogen and oxygen atoms in total. The van der Waals surface area contributed by atoms with Gasteiger partial charge in [0.25, 0.3) is 0 Å². The van der Waals surface area contributed by atoms with Gasteiger partial charge in [0.1, 0.15) is 17.5 Å². The lowest BCUT2D eigenvalue weighted by Gasteiger charge is -2.62. The fourth-order valence-corrected chi connectivity index (χ4v) is 6.89. The Morgan fingerprint density at radius 1 is 1.03 bits per heavy atom. The molecule has 1 N–H and O–H groups in total. The second-order valence-electron chi connectivity index (χ2n) is 13.1. The van der Waals surface area contributed by atoms with Crippen LogP contribution >= 0.6 is 0 Å². The third kappa shape index (κ3) is 4.27. The van der Waals surface area contributed by atoms with Gasteiger partial charge in [-0.25, -0.2) is 4.89 Å². The second kappa shape index (κ2) is 9.97. The van der Waals surface area contributed by atoms with Gasteiger partial charge in [0.2, 0.25) is 0 Å². The molecular formula is C33H42O6. The SMILES string of the molecule is CC(C)=CCC1C[C@]2(CC=C(C)C)C(=O)C3=C(OC(C)(C)C(OO)C3)[C@@](C(=O)c3ccccc3)(C2=O)C1(C)C. The van der Waals surface area contributed by atoms with Crippen LogP contribution in [0, 0.1) is 22.2 Å². The van der Waals surface area contributed by atoms with Gasteiger partial charge in [-0.15, -0.1) is 0 Å². The molecular weight excluding hydrogens is 492 g/mol. The van der Waals surface area contributed by atoms with E-state index in [4.69, 9.17) is 9.62 Å². The minimum absolute atomic E-state index is 0.0556. The van der Waals surface area contributed by atoms with E-state index in [0.717, 1.165) is 11.1 Å². The van der Waals surface area contributed by atoms with Crippen molar-refractivity contribution in [1.29, 1.82) is 0 Å². The maximum atomic E-state index is 15.1. The van der Waals surface area contributed by atoms with Crippen LogP contribution in [0.25, 0.3) is 0 Å². The molecule has 1 heterocycles. The van der Waals surface area contributed by atoms with Crippen LogP contribution in [0.5, 0.6) is 0 Å². The monoisotopic (exact) mass is 534 g/mol. The Bertz CT molecular complexity index is 1270. The summed E-state index contributed by atoms with van der Waals surface area (Å²) in [5.74, 6) is -1.04. The first kappa shape index (κ1) is 29.2. The van der Waals surface area contributed by atoms with Gasteiger partial charge >= 0.3 is 0 Å². The van der Waals surface area contributed by atoms with E-state index >= 15 is 4.79 Å². The maximum Gasteiger partial charge on any atom is 0.184 e. The van der Waals surface area contributed by atoms with E-state index < -0.39 is 27.9 Å². The van der Waals surface area contributed by atoms with Crippen LogP contribution in [0.2, 0.25) is 0 Å².